The largest absolute Gasteiger partial charge is 0.378 e. The zero-order valence-corrected chi connectivity index (χ0v) is 10.2. The summed E-state index contributed by atoms with van der Waals surface area (Å²) in [5.41, 5.74) is -0.0122. The van der Waals surface area contributed by atoms with Crippen LogP contribution in [-0.2, 0) is 6.54 Å². The third-order valence-electron chi connectivity index (χ3n) is 2.49. The first-order chi connectivity index (χ1) is 8.97. The van der Waals surface area contributed by atoms with Crippen LogP contribution in [0.5, 0.6) is 0 Å². The number of nitrogens with one attached hydrogen (secondary N) is 1. The SMILES string of the molecule is Fc1cc(F)c(NCc2ccc(Cl)cc2F)cc1F. The zero-order valence-electron chi connectivity index (χ0n) is 9.48. The van der Waals surface area contributed by atoms with Crippen molar-refractivity contribution in [3.8, 4) is 0 Å². The van der Waals surface area contributed by atoms with E-state index in [1.54, 1.807) is 0 Å². The van der Waals surface area contributed by atoms with E-state index in [-0.39, 0.29) is 22.8 Å². The second kappa shape index (κ2) is 5.48. The molecule has 0 amide bonds. The highest BCUT2D eigenvalue weighted by molar-refractivity contribution is 6.30. The van der Waals surface area contributed by atoms with Crippen molar-refractivity contribution in [2.45, 2.75) is 6.54 Å². The van der Waals surface area contributed by atoms with Crippen molar-refractivity contribution in [2.75, 3.05) is 5.32 Å². The minimum Gasteiger partial charge on any atom is -0.378 e. The number of hydrogen-bond acceptors (Lipinski definition) is 1. The molecule has 1 N–H and O–H groups in total. The highest BCUT2D eigenvalue weighted by Crippen LogP contribution is 2.20. The lowest BCUT2D eigenvalue weighted by Gasteiger charge is -2.09. The summed E-state index contributed by atoms with van der Waals surface area (Å²) in [5, 5.41) is 2.73. The molecule has 2 aromatic carbocycles. The Hall–Kier alpha value is -1.75. The normalized spacial score (nSPS) is 10.6. The molecule has 0 unspecified atom stereocenters. The van der Waals surface area contributed by atoms with Gasteiger partial charge in [0.05, 0.1) is 5.69 Å². The Morgan fingerprint density at radius 3 is 2.21 bits per heavy atom. The van der Waals surface area contributed by atoms with Crippen LogP contribution >= 0.6 is 11.6 Å². The van der Waals surface area contributed by atoms with E-state index in [1.807, 2.05) is 0 Å². The second-order valence-electron chi connectivity index (χ2n) is 3.84. The van der Waals surface area contributed by atoms with Gasteiger partial charge >= 0.3 is 0 Å². The molecule has 6 heteroatoms. The fourth-order valence-electron chi connectivity index (χ4n) is 1.51. The molecule has 0 bridgehead atoms. The third kappa shape index (κ3) is 3.17. The Balaban J connectivity index is 2.16. The van der Waals surface area contributed by atoms with Crippen LogP contribution in [0.1, 0.15) is 5.56 Å². The minimum absolute atomic E-state index is 0.0784. The molecule has 2 rings (SSSR count). The highest BCUT2D eigenvalue weighted by Gasteiger charge is 2.10. The number of benzene rings is 2. The Morgan fingerprint density at radius 1 is 0.842 bits per heavy atom. The van der Waals surface area contributed by atoms with Crippen LogP contribution in [0.3, 0.4) is 0 Å². The molecule has 0 saturated heterocycles. The lowest BCUT2D eigenvalue weighted by atomic mass is 10.2. The van der Waals surface area contributed by atoms with Crippen molar-refractivity contribution in [1.82, 2.24) is 0 Å². The molecule has 0 aromatic heterocycles. The van der Waals surface area contributed by atoms with Crippen LogP contribution in [0.25, 0.3) is 0 Å². The molecule has 0 radical (unpaired) electrons. The lowest BCUT2D eigenvalue weighted by Crippen LogP contribution is -2.04. The van der Waals surface area contributed by atoms with Crippen molar-refractivity contribution < 1.29 is 17.6 Å². The lowest BCUT2D eigenvalue weighted by molar-refractivity contribution is 0.496. The van der Waals surface area contributed by atoms with E-state index in [4.69, 9.17) is 11.6 Å². The van der Waals surface area contributed by atoms with Gasteiger partial charge in [0, 0.05) is 29.3 Å². The van der Waals surface area contributed by atoms with Gasteiger partial charge in [-0.3, -0.25) is 0 Å². The second-order valence-corrected chi connectivity index (χ2v) is 4.27. The summed E-state index contributed by atoms with van der Waals surface area (Å²) in [4.78, 5) is 0. The van der Waals surface area contributed by atoms with Gasteiger partial charge in [-0.15, -0.1) is 0 Å². The van der Waals surface area contributed by atoms with Crippen molar-refractivity contribution >= 4 is 17.3 Å². The molecule has 0 spiro atoms. The molecule has 0 saturated carbocycles. The van der Waals surface area contributed by atoms with Gasteiger partial charge in [-0.05, 0) is 12.1 Å². The number of halogens is 5. The van der Waals surface area contributed by atoms with E-state index in [1.165, 1.54) is 12.1 Å². The molecule has 19 heavy (non-hydrogen) atoms. The number of anilines is 1. The first kappa shape index (κ1) is 13.7. The molecule has 1 nitrogen and oxygen atoms in total. The smallest absolute Gasteiger partial charge is 0.161 e. The van der Waals surface area contributed by atoms with Crippen molar-refractivity contribution in [3.63, 3.8) is 0 Å². The average Bonchev–Trinajstić information content (AvgIpc) is 2.34. The van der Waals surface area contributed by atoms with E-state index in [9.17, 15) is 17.6 Å². The molecule has 0 aliphatic carbocycles. The predicted octanol–water partition coefficient (Wildman–Crippen LogP) is 4.51. The Kier molecular flexibility index (Phi) is 3.95. The van der Waals surface area contributed by atoms with Crippen molar-refractivity contribution in [1.29, 1.82) is 0 Å². The summed E-state index contributed by atoms with van der Waals surface area (Å²) in [6.45, 7) is -0.0784. The van der Waals surface area contributed by atoms with Crippen LogP contribution in [-0.4, -0.2) is 0 Å². The quantitative estimate of drug-likeness (QED) is 0.647. The van der Waals surface area contributed by atoms with Crippen LogP contribution in [0.4, 0.5) is 23.2 Å². The molecule has 0 heterocycles. The summed E-state index contributed by atoms with van der Waals surface area (Å²) in [7, 11) is 0. The maximum absolute atomic E-state index is 13.4. The summed E-state index contributed by atoms with van der Waals surface area (Å²) < 4.78 is 52.4. The molecule has 0 aliphatic rings. The fraction of sp³-hybridized carbons (Fsp3) is 0.0769. The Labute approximate surface area is 111 Å². The topological polar surface area (TPSA) is 12.0 Å². The van der Waals surface area contributed by atoms with E-state index in [2.05, 4.69) is 5.32 Å². The van der Waals surface area contributed by atoms with E-state index < -0.39 is 23.3 Å². The van der Waals surface area contributed by atoms with Crippen molar-refractivity contribution in [3.05, 3.63) is 64.2 Å². The average molecular weight is 290 g/mol. The van der Waals surface area contributed by atoms with Crippen LogP contribution < -0.4 is 5.32 Å². The molecular weight excluding hydrogens is 282 g/mol. The zero-order chi connectivity index (χ0) is 14.0. The van der Waals surface area contributed by atoms with Gasteiger partial charge in [-0.25, -0.2) is 17.6 Å². The van der Waals surface area contributed by atoms with Crippen molar-refractivity contribution in [2.24, 2.45) is 0 Å². The van der Waals surface area contributed by atoms with Gasteiger partial charge in [0.2, 0.25) is 0 Å². The van der Waals surface area contributed by atoms with Gasteiger partial charge in [0.1, 0.15) is 11.6 Å². The van der Waals surface area contributed by atoms with Crippen LogP contribution in [0, 0.1) is 23.3 Å². The Morgan fingerprint density at radius 2 is 1.53 bits per heavy atom. The minimum atomic E-state index is -1.28. The van der Waals surface area contributed by atoms with E-state index in [0.717, 1.165) is 6.07 Å². The van der Waals surface area contributed by atoms with Gasteiger partial charge in [0.25, 0.3) is 0 Å². The maximum atomic E-state index is 13.4. The Bertz CT molecular complexity index is 616. The van der Waals surface area contributed by atoms with E-state index in [0.29, 0.717) is 12.1 Å². The molecule has 0 atom stereocenters. The first-order valence-electron chi connectivity index (χ1n) is 5.29. The van der Waals surface area contributed by atoms with Gasteiger partial charge in [-0.1, -0.05) is 17.7 Å². The highest BCUT2D eigenvalue weighted by atomic mass is 35.5. The number of hydrogen-bond donors (Lipinski definition) is 1. The molecule has 0 aliphatic heterocycles. The fourth-order valence-corrected chi connectivity index (χ4v) is 1.67. The predicted molar refractivity (Wildman–Crippen MR) is 65.1 cm³/mol. The van der Waals surface area contributed by atoms with Gasteiger partial charge < -0.3 is 5.32 Å². The van der Waals surface area contributed by atoms with Crippen LogP contribution in [0.2, 0.25) is 5.02 Å². The molecule has 2 aromatic rings. The van der Waals surface area contributed by atoms with E-state index >= 15 is 0 Å². The maximum Gasteiger partial charge on any atom is 0.161 e. The monoisotopic (exact) mass is 289 g/mol. The number of rotatable bonds is 3. The summed E-state index contributed by atoms with van der Waals surface area (Å²) >= 11 is 5.59. The standard InChI is InChI=1S/C13H8ClF4N/c14-8-2-1-7(9(15)3-8)6-19-13-5-11(17)10(16)4-12(13)18/h1-5,19H,6H2. The summed E-state index contributed by atoms with van der Waals surface area (Å²) in [5.74, 6) is -3.97. The summed E-state index contributed by atoms with van der Waals surface area (Å²) in [6.07, 6.45) is 0. The van der Waals surface area contributed by atoms with Gasteiger partial charge in [-0.2, -0.15) is 0 Å². The molecule has 0 fully saturated rings. The van der Waals surface area contributed by atoms with Gasteiger partial charge in [0.15, 0.2) is 11.6 Å². The van der Waals surface area contributed by atoms with Crippen LogP contribution in [0.15, 0.2) is 30.3 Å². The molecule has 100 valence electrons. The molecular formula is C13H8ClF4N. The summed E-state index contributed by atoms with van der Waals surface area (Å²) in [6, 6.07) is 5.11. The first-order valence-corrected chi connectivity index (χ1v) is 5.67. The third-order valence-corrected chi connectivity index (χ3v) is 2.73.